The molecule has 4 rings (SSSR count). The Morgan fingerprint density at radius 3 is 2.88 bits per heavy atom. The number of anilines is 2. The van der Waals surface area contributed by atoms with E-state index in [4.69, 9.17) is 15.0 Å². The number of rotatable bonds is 3. The van der Waals surface area contributed by atoms with Crippen molar-refractivity contribution in [1.82, 2.24) is 15.5 Å². The summed E-state index contributed by atoms with van der Waals surface area (Å²) in [4.78, 5) is 6.85. The molecule has 3 N–H and O–H groups in total. The summed E-state index contributed by atoms with van der Waals surface area (Å²) in [5.74, 6) is 0.964. The first kappa shape index (κ1) is 14.8. The Bertz CT molecular complexity index is 871. The summed E-state index contributed by atoms with van der Waals surface area (Å²) in [7, 11) is 1.61. The van der Waals surface area contributed by atoms with Gasteiger partial charge in [-0.05, 0) is 24.3 Å². The highest BCUT2D eigenvalue weighted by molar-refractivity contribution is 5.95. The van der Waals surface area contributed by atoms with Gasteiger partial charge in [-0.1, -0.05) is 5.16 Å². The van der Waals surface area contributed by atoms with Crippen LogP contribution in [0.3, 0.4) is 0 Å². The number of nitrogens with one attached hydrogen (secondary N) is 1. The Morgan fingerprint density at radius 1 is 1.25 bits per heavy atom. The van der Waals surface area contributed by atoms with Crippen molar-refractivity contribution < 1.29 is 9.26 Å². The average Bonchev–Trinajstić information content (AvgIpc) is 3.03. The number of benzene rings is 1. The molecule has 2 aromatic heterocycles. The maximum atomic E-state index is 5.85. The molecule has 0 radical (unpaired) electrons. The van der Waals surface area contributed by atoms with Crippen LogP contribution < -0.4 is 20.7 Å². The van der Waals surface area contributed by atoms with Crippen molar-refractivity contribution in [3.8, 4) is 17.0 Å². The molecule has 0 saturated carbocycles. The molecule has 1 aliphatic heterocycles. The predicted octanol–water partition coefficient (Wildman–Crippen LogP) is 1.89. The molecule has 7 heteroatoms. The fraction of sp³-hybridized carbons (Fsp3) is 0.294. The standard InChI is InChI=1S/C17H19N5O2/c1-23-14-8-11(9-15-16(14)17(18)21-24-15)13-10-12(2-3-20-13)22-6-4-19-5-7-22/h2-3,8-10,19H,4-7H2,1H3,(H2,18,21). The summed E-state index contributed by atoms with van der Waals surface area (Å²) in [5, 5.41) is 7.87. The second-order valence-corrected chi connectivity index (χ2v) is 5.76. The van der Waals surface area contributed by atoms with E-state index in [9.17, 15) is 0 Å². The first-order chi connectivity index (χ1) is 11.8. The highest BCUT2D eigenvalue weighted by Crippen LogP contribution is 2.35. The predicted molar refractivity (Wildman–Crippen MR) is 93.3 cm³/mol. The molecule has 3 aromatic rings. The summed E-state index contributed by atoms with van der Waals surface area (Å²) < 4.78 is 10.7. The van der Waals surface area contributed by atoms with Crippen LogP contribution in [0.25, 0.3) is 22.2 Å². The van der Waals surface area contributed by atoms with Crippen molar-refractivity contribution in [3.63, 3.8) is 0 Å². The lowest BCUT2D eigenvalue weighted by Gasteiger charge is -2.29. The Hall–Kier alpha value is -2.80. The van der Waals surface area contributed by atoms with Crippen LogP contribution in [0.1, 0.15) is 0 Å². The third kappa shape index (κ3) is 2.52. The lowest BCUT2D eigenvalue weighted by molar-refractivity contribution is 0.419. The van der Waals surface area contributed by atoms with Crippen molar-refractivity contribution in [2.75, 3.05) is 43.9 Å². The third-order valence-electron chi connectivity index (χ3n) is 4.31. The summed E-state index contributed by atoms with van der Waals surface area (Å²) in [6.07, 6.45) is 1.83. The number of fused-ring (bicyclic) bond motifs is 1. The van der Waals surface area contributed by atoms with Crippen molar-refractivity contribution in [1.29, 1.82) is 0 Å². The number of piperazine rings is 1. The van der Waals surface area contributed by atoms with Gasteiger partial charge in [-0.2, -0.15) is 0 Å². The number of pyridine rings is 1. The van der Waals surface area contributed by atoms with E-state index in [1.165, 1.54) is 0 Å². The molecule has 0 unspecified atom stereocenters. The van der Waals surface area contributed by atoms with Gasteiger partial charge in [-0.15, -0.1) is 0 Å². The molecule has 0 bridgehead atoms. The molecule has 0 spiro atoms. The molecule has 24 heavy (non-hydrogen) atoms. The number of nitrogens with two attached hydrogens (primary N) is 1. The van der Waals surface area contributed by atoms with E-state index in [-0.39, 0.29) is 0 Å². The maximum absolute atomic E-state index is 5.85. The van der Waals surface area contributed by atoms with E-state index in [1.807, 2.05) is 24.4 Å². The second-order valence-electron chi connectivity index (χ2n) is 5.76. The second kappa shape index (κ2) is 6.01. The van der Waals surface area contributed by atoms with Gasteiger partial charge >= 0.3 is 0 Å². The van der Waals surface area contributed by atoms with E-state index in [0.29, 0.717) is 22.5 Å². The fourth-order valence-electron chi connectivity index (χ4n) is 3.06. The molecule has 1 aliphatic rings. The number of hydrogen-bond donors (Lipinski definition) is 2. The Labute approximate surface area is 139 Å². The molecule has 1 aromatic carbocycles. The van der Waals surface area contributed by atoms with Gasteiger partial charge in [0.15, 0.2) is 11.4 Å². The number of nitrogens with zero attached hydrogens (tertiary/aromatic N) is 3. The molecular weight excluding hydrogens is 306 g/mol. The van der Waals surface area contributed by atoms with Crippen LogP contribution in [0.4, 0.5) is 11.5 Å². The quantitative estimate of drug-likeness (QED) is 0.760. The monoisotopic (exact) mass is 325 g/mol. The number of nitrogen functional groups attached to an aromatic ring is 1. The highest BCUT2D eigenvalue weighted by Gasteiger charge is 2.16. The minimum atomic E-state index is 0.330. The molecular formula is C17H19N5O2. The van der Waals surface area contributed by atoms with Gasteiger partial charge in [0.25, 0.3) is 0 Å². The minimum absolute atomic E-state index is 0.330. The summed E-state index contributed by atoms with van der Waals surface area (Å²) in [6, 6.07) is 7.94. The molecule has 3 heterocycles. The first-order valence-electron chi connectivity index (χ1n) is 7.91. The smallest absolute Gasteiger partial charge is 0.178 e. The van der Waals surface area contributed by atoms with E-state index < -0.39 is 0 Å². The van der Waals surface area contributed by atoms with E-state index in [0.717, 1.165) is 43.1 Å². The highest BCUT2D eigenvalue weighted by atomic mass is 16.5. The number of ether oxygens (including phenoxy) is 1. The molecule has 1 saturated heterocycles. The number of hydrogen-bond acceptors (Lipinski definition) is 7. The van der Waals surface area contributed by atoms with Crippen LogP contribution in [0.15, 0.2) is 35.0 Å². The molecule has 1 fully saturated rings. The zero-order chi connectivity index (χ0) is 16.5. The van der Waals surface area contributed by atoms with Gasteiger partial charge in [-0.3, -0.25) is 4.98 Å². The van der Waals surface area contributed by atoms with E-state index >= 15 is 0 Å². The maximum Gasteiger partial charge on any atom is 0.178 e. The SMILES string of the molecule is COc1cc(-c2cc(N3CCNCC3)ccn2)cc2onc(N)c12. The van der Waals surface area contributed by atoms with Crippen LogP contribution in [-0.2, 0) is 0 Å². The summed E-state index contributed by atoms with van der Waals surface area (Å²) in [5.41, 5.74) is 9.38. The van der Waals surface area contributed by atoms with Gasteiger partial charge in [0.05, 0.1) is 12.8 Å². The van der Waals surface area contributed by atoms with Crippen LogP contribution in [-0.4, -0.2) is 43.4 Å². The fourth-order valence-corrected chi connectivity index (χ4v) is 3.06. The van der Waals surface area contributed by atoms with Gasteiger partial charge < -0.3 is 25.2 Å². The Kier molecular flexibility index (Phi) is 3.70. The topological polar surface area (TPSA) is 89.4 Å². The van der Waals surface area contributed by atoms with Crippen molar-refractivity contribution >= 4 is 22.5 Å². The van der Waals surface area contributed by atoms with E-state index in [2.05, 4.69) is 26.4 Å². The van der Waals surface area contributed by atoms with Crippen molar-refractivity contribution in [3.05, 3.63) is 30.5 Å². The average molecular weight is 325 g/mol. The third-order valence-corrected chi connectivity index (χ3v) is 4.31. The lowest BCUT2D eigenvalue weighted by atomic mass is 10.1. The van der Waals surface area contributed by atoms with Crippen LogP contribution in [0, 0.1) is 0 Å². The zero-order valence-corrected chi connectivity index (χ0v) is 13.5. The lowest BCUT2D eigenvalue weighted by Crippen LogP contribution is -2.43. The van der Waals surface area contributed by atoms with Gasteiger partial charge in [0.2, 0.25) is 0 Å². The number of aromatic nitrogens is 2. The Balaban J connectivity index is 1.77. The zero-order valence-electron chi connectivity index (χ0n) is 13.5. The number of methoxy groups -OCH3 is 1. The van der Waals surface area contributed by atoms with Crippen LogP contribution >= 0.6 is 0 Å². The van der Waals surface area contributed by atoms with Crippen LogP contribution in [0.2, 0.25) is 0 Å². The minimum Gasteiger partial charge on any atom is -0.496 e. The van der Waals surface area contributed by atoms with Crippen molar-refractivity contribution in [2.24, 2.45) is 0 Å². The van der Waals surface area contributed by atoms with Crippen molar-refractivity contribution in [2.45, 2.75) is 0 Å². The molecule has 0 atom stereocenters. The van der Waals surface area contributed by atoms with Crippen LogP contribution in [0.5, 0.6) is 5.75 Å². The van der Waals surface area contributed by atoms with E-state index in [1.54, 1.807) is 7.11 Å². The molecule has 124 valence electrons. The van der Waals surface area contributed by atoms with Gasteiger partial charge in [0, 0.05) is 43.6 Å². The first-order valence-corrected chi connectivity index (χ1v) is 7.91. The van der Waals surface area contributed by atoms with Gasteiger partial charge in [-0.25, -0.2) is 0 Å². The summed E-state index contributed by atoms with van der Waals surface area (Å²) >= 11 is 0. The van der Waals surface area contributed by atoms with Gasteiger partial charge in [0.1, 0.15) is 11.1 Å². The molecule has 7 nitrogen and oxygen atoms in total. The normalized spacial score (nSPS) is 15.0. The summed E-state index contributed by atoms with van der Waals surface area (Å²) in [6.45, 7) is 3.97. The Morgan fingerprint density at radius 2 is 2.08 bits per heavy atom. The molecule has 0 aliphatic carbocycles. The largest absolute Gasteiger partial charge is 0.496 e. The molecule has 0 amide bonds.